The first-order valence-corrected chi connectivity index (χ1v) is 5.21. The lowest BCUT2D eigenvalue weighted by molar-refractivity contribution is 0.582. The number of halogens is 1. The maximum Gasteiger partial charge on any atom is 0.132 e. The molecule has 1 aliphatic rings. The van der Waals surface area contributed by atoms with Crippen molar-refractivity contribution >= 4 is 0 Å². The topological polar surface area (TPSA) is 52.7 Å². The fraction of sp³-hybridized carbons (Fsp3) is 0.273. The van der Waals surface area contributed by atoms with Crippen LogP contribution in [0.15, 0.2) is 30.5 Å². The van der Waals surface area contributed by atoms with Gasteiger partial charge in [-0.1, -0.05) is 17.3 Å². The molecule has 1 atom stereocenters. The van der Waals surface area contributed by atoms with Gasteiger partial charge in [0.2, 0.25) is 0 Å². The van der Waals surface area contributed by atoms with Gasteiger partial charge in [0.25, 0.3) is 0 Å². The summed E-state index contributed by atoms with van der Waals surface area (Å²) >= 11 is 0. The minimum atomic E-state index is -0.265. The van der Waals surface area contributed by atoms with E-state index >= 15 is 0 Å². The standard InChI is InChI=1S/C11H11FN4/c12-10-4-2-1-3-9(10)11-7-16(15-14-11)6-8-5-13-8/h1-4,7-8,13H,5-6H2. The Morgan fingerprint density at radius 1 is 1.44 bits per heavy atom. The molecule has 5 heteroatoms. The van der Waals surface area contributed by atoms with Gasteiger partial charge >= 0.3 is 0 Å². The van der Waals surface area contributed by atoms with Crippen molar-refractivity contribution in [2.45, 2.75) is 12.6 Å². The van der Waals surface area contributed by atoms with Crippen LogP contribution >= 0.6 is 0 Å². The zero-order chi connectivity index (χ0) is 11.0. The second-order valence-corrected chi connectivity index (χ2v) is 3.91. The molecule has 0 amide bonds. The van der Waals surface area contributed by atoms with E-state index in [9.17, 15) is 4.39 Å². The Bertz CT molecular complexity index is 504. The molecule has 1 saturated heterocycles. The van der Waals surface area contributed by atoms with E-state index in [1.807, 2.05) is 0 Å². The summed E-state index contributed by atoms with van der Waals surface area (Å²) in [6.07, 6.45) is 1.78. The van der Waals surface area contributed by atoms with Crippen molar-refractivity contribution in [2.24, 2.45) is 0 Å². The highest BCUT2D eigenvalue weighted by atomic mass is 19.1. The molecule has 0 radical (unpaired) electrons. The third kappa shape index (κ3) is 1.81. The van der Waals surface area contributed by atoms with Gasteiger partial charge in [0.1, 0.15) is 11.5 Å². The molecular weight excluding hydrogens is 207 g/mol. The number of rotatable bonds is 3. The Balaban J connectivity index is 1.88. The SMILES string of the molecule is Fc1ccccc1-c1cn(CC2CN2)nn1. The lowest BCUT2D eigenvalue weighted by atomic mass is 10.1. The molecule has 0 saturated carbocycles. The summed E-state index contributed by atoms with van der Waals surface area (Å²) in [6, 6.07) is 7.09. The second kappa shape index (κ2) is 3.68. The number of hydrogen-bond donors (Lipinski definition) is 1. The highest BCUT2D eigenvalue weighted by Gasteiger charge is 2.21. The highest BCUT2D eigenvalue weighted by Crippen LogP contribution is 2.19. The molecule has 16 heavy (non-hydrogen) atoms. The van der Waals surface area contributed by atoms with Crippen LogP contribution in [0.4, 0.5) is 4.39 Å². The number of aromatic nitrogens is 3. The molecule has 4 nitrogen and oxygen atoms in total. The molecule has 1 aromatic heterocycles. The first kappa shape index (κ1) is 9.47. The maximum absolute atomic E-state index is 13.5. The largest absolute Gasteiger partial charge is 0.309 e. The minimum absolute atomic E-state index is 0.265. The van der Waals surface area contributed by atoms with Gasteiger partial charge in [-0.15, -0.1) is 5.10 Å². The summed E-state index contributed by atoms with van der Waals surface area (Å²) < 4.78 is 15.2. The van der Waals surface area contributed by atoms with E-state index in [4.69, 9.17) is 0 Å². The maximum atomic E-state index is 13.5. The van der Waals surface area contributed by atoms with Crippen LogP contribution in [0.5, 0.6) is 0 Å². The molecule has 2 aromatic rings. The molecule has 0 bridgehead atoms. The van der Waals surface area contributed by atoms with E-state index in [0.29, 0.717) is 17.3 Å². The van der Waals surface area contributed by atoms with E-state index in [1.165, 1.54) is 6.07 Å². The van der Waals surface area contributed by atoms with Gasteiger partial charge in [-0.25, -0.2) is 4.39 Å². The quantitative estimate of drug-likeness (QED) is 0.783. The summed E-state index contributed by atoms with van der Waals surface area (Å²) in [4.78, 5) is 0. The number of benzene rings is 1. The summed E-state index contributed by atoms with van der Waals surface area (Å²) in [5, 5.41) is 11.1. The lowest BCUT2D eigenvalue weighted by Gasteiger charge is -1.96. The summed E-state index contributed by atoms with van der Waals surface area (Å²) in [7, 11) is 0. The van der Waals surface area contributed by atoms with Gasteiger partial charge in [0.15, 0.2) is 0 Å². The Morgan fingerprint density at radius 3 is 3.00 bits per heavy atom. The van der Waals surface area contributed by atoms with Gasteiger partial charge in [0, 0.05) is 18.2 Å². The minimum Gasteiger partial charge on any atom is -0.309 e. The first-order chi connectivity index (χ1) is 7.83. The van der Waals surface area contributed by atoms with Crippen LogP contribution in [0.3, 0.4) is 0 Å². The van der Waals surface area contributed by atoms with Crippen LogP contribution in [0.2, 0.25) is 0 Å². The monoisotopic (exact) mass is 218 g/mol. The normalized spacial score (nSPS) is 18.7. The van der Waals surface area contributed by atoms with E-state index < -0.39 is 0 Å². The van der Waals surface area contributed by atoms with Crippen molar-refractivity contribution in [2.75, 3.05) is 6.54 Å². The summed E-state index contributed by atoms with van der Waals surface area (Å²) in [6.45, 7) is 1.82. The smallest absolute Gasteiger partial charge is 0.132 e. The summed E-state index contributed by atoms with van der Waals surface area (Å²) in [5.74, 6) is -0.265. The predicted molar refractivity (Wildman–Crippen MR) is 57.2 cm³/mol. The first-order valence-electron chi connectivity index (χ1n) is 5.21. The van der Waals surface area contributed by atoms with E-state index in [0.717, 1.165) is 13.1 Å². The van der Waals surface area contributed by atoms with Gasteiger partial charge < -0.3 is 5.32 Å². The third-order valence-corrected chi connectivity index (χ3v) is 2.59. The Morgan fingerprint density at radius 2 is 2.25 bits per heavy atom. The molecule has 1 aliphatic heterocycles. The average molecular weight is 218 g/mol. The molecular formula is C11H11FN4. The molecule has 1 aromatic carbocycles. The molecule has 0 spiro atoms. The second-order valence-electron chi connectivity index (χ2n) is 3.91. The molecule has 1 N–H and O–H groups in total. The molecule has 1 unspecified atom stereocenters. The van der Waals surface area contributed by atoms with Crippen LogP contribution in [0.1, 0.15) is 0 Å². The molecule has 1 fully saturated rings. The van der Waals surface area contributed by atoms with Gasteiger partial charge in [0.05, 0.1) is 12.7 Å². The Hall–Kier alpha value is -1.75. The molecule has 3 rings (SSSR count). The van der Waals surface area contributed by atoms with E-state index in [1.54, 1.807) is 29.1 Å². The third-order valence-electron chi connectivity index (χ3n) is 2.59. The number of nitrogens with one attached hydrogen (secondary N) is 1. The van der Waals surface area contributed by atoms with Crippen molar-refractivity contribution in [1.82, 2.24) is 20.3 Å². The summed E-state index contributed by atoms with van der Waals surface area (Å²) in [5.41, 5.74) is 1.08. The van der Waals surface area contributed by atoms with Crippen LogP contribution in [0.25, 0.3) is 11.3 Å². The fourth-order valence-electron chi connectivity index (χ4n) is 1.62. The Labute approximate surface area is 92.1 Å². The van der Waals surface area contributed by atoms with Crippen molar-refractivity contribution in [3.63, 3.8) is 0 Å². The van der Waals surface area contributed by atoms with Crippen LogP contribution < -0.4 is 5.32 Å². The van der Waals surface area contributed by atoms with Gasteiger partial charge in [-0.3, -0.25) is 4.68 Å². The van der Waals surface area contributed by atoms with Crippen molar-refractivity contribution in [1.29, 1.82) is 0 Å². The fourth-order valence-corrected chi connectivity index (χ4v) is 1.62. The predicted octanol–water partition coefficient (Wildman–Crippen LogP) is 1.06. The van der Waals surface area contributed by atoms with E-state index in [-0.39, 0.29) is 5.82 Å². The number of nitrogens with zero attached hydrogens (tertiary/aromatic N) is 3. The van der Waals surface area contributed by atoms with Crippen LogP contribution in [-0.4, -0.2) is 27.6 Å². The number of hydrogen-bond acceptors (Lipinski definition) is 3. The highest BCUT2D eigenvalue weighted by molar-refractivity contribution is 5.58. The van der Waals surface area contributed by atoms with E-state index in [2.05, 4.69) is 15.6 Å². The van der Waals surface area contributed by atoms with Crippen molar-refractivity contribution < 1.29 is 4.39 Å². The molecule has 2 heterocycles. The average Bonchev–Trinajstić information content (AvgIpc) is 2.97. The van der Waals surface area contributed by atoms with Crippen LogP contribution in [0, 0.1) is 5.82 Å². The van der Waals surface area contributed by atoms with Crippen molar-refractivity contribution in [3.05, 3.63) is 36.3 Å². The Kier molecular flexibility index (Phi) is 2.18. The molecule has 82 valence electrons. The zero-order valence-electron chi connectivity index (χ0n) is 8.60. The molecule has 0 aliphatic carbocycles. The van der Waals surface area contributed by atoms with Gasteiger partial charge in [-0.2, -0.15) is 0 Å². The van der Waals surface area contributed by atoms with Crippen molar-refractivity contribution in [3.8, 4) is 11.3 Å². The zero-order valence-corrected chi connectivity index (χ0v) is 8.60. The lowest BCUT2D eigenvalue weighted by Crippen LogP contribution is -2.06. The van der Waals surface area contributed by atoms with Gasteiger partial charge in [-0.05, 0) is 12.1 Å². The van der Waals surface area contributed by atoms with Crippen LogP contribution in [-0.2, 0) is 6.54 Å².